The molecule has 0 radical (unpaired) electrons. The summed E-state index contributed by atoms with van der Waals surface area (Å²) < 4.78 is 16.5. The average Bonchev–Trinajstić information content (AvgIpc) is 2.88. The fraction of sp³-hybridized carbons (Fsp3) is 0.483. The normalized spacial score (nSPS) is 24.4. The first-order valence-electron chi connectivity index (χ1n) is 12.7. The van der Waals surface area contributed by atoms with Crippen LogP contribution >= 0.6 is 0 Å². The van der Waals surface area contributed by atoms with Gasteiger partial charge in [0.15, 0.2) is 0 Å². The third-order valence-corrected chi connectivity index (χ3v) is 7.38. The summed E-state index contributed by atoms with van der Waals surface area (Å²) in [6.07, 6.45) is 8.19. The number of ether oxygens (including phenoxy) is 3. The molecule has 0 N–H and O–H groups in total. The van der Waals surface area contributed by atoms with E-state index in [4.69, 9.17) is 14.2 Å². The van der Waals surface area contributed by atoms with Crippen molar-refractivity contribution in [3.8, 4) is 11.5 Å². The summed E-state index contributed by atoms with van der Waals surface area (Å²) >= 11 is 0. The molecule has 6 nitrogen and oxygen atoms in total. The molecule has 0 heterocycles. The van der Waals surface area contributed by atoms with Crippen LogP contribution in [-0.4, -0.2) is 24.5 Å². The van der Waals surface area contributed by atoms with Gasteiger partial charge in [0.05, 0.1) is 18.4 Å². The maximum atomic E-state index is 12.7. The lowest BCUT2D eigenvalue weighted by atomic mass is 9.82. The van der Waals surface area contributed by atoms with Crippen molar-refractivity contribution in [1.29, 1.82) is 0 Å². The van der Waals surface area contributed by atoms with Crippen molar-refractivity contribution in [2.24, 2.45) is 23.7 Å². The van der Waals surface area contributed by atoms with Crippen molar-refractivity contribution in [2.75, 3.05) is 6.61 Å². The SMILES string of the molecule is C=CC(=O)OCC1CCC(C(=O)Oc2ccc3cc(OC(=O)C4CCC(C)CC4)ccc3c2)CC1. The largest absolute Gasteiger partial charge is 0.462 e. The maximum absolute atomic E-state index is 12.7. The summed E-state index contributed by atoms with van der Waals surface area (Å²) in [5.41, 5.74) is 0. The Labute approximate surface area is 206 Å². The number of carbonyl (C=O) groups is 3. The Kier molecular flexibility index (Phi) is 8.21. The summed E-state index contributed by atoms with van der Waals surface area (Å²) in [4.78, 5) is 36.4. The van der Waals surface area contributed by atoms with E-state index < -0.39 is 5.97 Å². The van der Waals surface area contributed by atoms with Crippen LogP contribution in [0, 0.1) is 23.7 Å². The first-order valence-corrected chi connectivity index (χ1v) is 12.7. The molecule has 2 aromatic carbocycles. The summed E-state index contributed by atoms with van der Waals surface area (Å²) in [6.45, 7) is 6.00. The molecule has 0 amide bonds. The lowest BCUT2D eigenvalue weighted by molar-refractivity contribution is -0.143. The minimum Gasteiger partial charge on any atom is -0.462 e. The van der Waals surface area contributed by atoms with E-state index in [1.807, 2.05) is 24.3 Å². The molecule has 0 saturated heterocycles. The van der Waals surface area contributed by atoms with Crippen LogP contribution in [0.15, 0.2) is 49.1 Å². The van der Waals surface area contributed by atoms with Gasteiger partial charge in [-0.1, -0.05) is 25.6 Å². The van der Waals surface area contributed by atoms with Crippen molar-refractivity contribution in [2.45, 2.75) is 58.3 Å². The van der Waals surface area contributed by atoms with Crippen LogP contribution in [0.4, 0.5) is 0 Å². The van der Waals surface area contributed by atoms with Crippen LogP contribution in [0.25, 0.3) is 10.8 Å². The van der Waals surface area contributed by atoms with Crippen molar-refractivity contribution in [1.82, 2.24) is 0 Å². The van der Waals surface area contributed by atoms with E-state index in [1.54, 1.807) is 12.1 Å². The Hall–Kier alpha value is -3.15. The molecule has 2 aliphatic rings. The van der Waals surface area contributed by atoms with Crippen LogP contribution in [-0.2, 0) is 19.1 Å². The van der Waals surface area contributed by atoms with Gasteiger partial charge < -0.3 is 14.2 Å². The van der Waals surface area contributed by atoms with Gasteiger partial charge in [0.1, 0.15) is 11.5 Å². The number of hydrogen-bond acceptors (Lipinski definition) is 6. The van der Waals surface area contributed by atoms with Gasteiger partial charge in [-0.25, -0.2) is 4.79 Å². The fourth-order valence-corrected chi connectivity index (χ4v) is 5.05. The standard InChI is InChI=1S/C29H34O6/c1-3-27(30)33-18-20-6-10-22(11-7-20)29(32)35-26-15-13-23-16-25(14-12-24(23)17-26)34-28(31)21-8-4-19(2)5-9-21/h3,12-17,19-22H,1,4-11,18H2,2H3. The molecular formula is C29H34O6. The molecule has 2 saturated carbocycles. The molecule has 0 atom stereocenters. The van der Waals surface area contributed by atoms with Crippen LogP contribution in [0.1, 0.15) is 58.3 Å². The molecule has 0 unspecified atom stereocenters. The number of carbonyl (C=O) groups excluding carboxylic acids is 3. The van der Waals surface area contributed by atoms with E-state index in [1.165, 1.54) is 0 Å². The number of hydrogen-bond donors (Lipinski definition) is 0. The molecule has 2 fully saturated rings. The monoisotopic (exact) mass is 478 g/mol. The fourth-order valence-electron chi connectivity index (χ4n) is 5.05. The Morgan fingerprint density at radius 1 is 0.800 bits per heavy atom. The molecule has 6 heteroatoms. The average molecular weight is 479 g/mol. The number of esters is 3. The van der Waals surface area contributed by atoms with Gasteiger partial charge in [-0.05, 0) is 98.2 Å². The van der Waals surface area contributed by atoms with E-state index >= 15 is 0 Å². The van der Waals surface area contributed by atoms with Crippen LogP contribution < -0.4 is 9.47 Å². The van der Waals surface area contributed by atoms with Gasteiger partial charge in [0.2, 0.25) is 0 Å². The third-order valence-electron chi connectivity index (χ3n) is 7.38. The molecular weight excluding hydrogens is 444 g/mol. The van der Waals surface area contributed by atoms with Gasteiger partial charge >= 0.3 is 17.9 Å². The van der Waals surface area contributed by atoms with Crippen LogP contribution in [0.3, 0.4) is 0 Å². The van der Waals surface area contributed by atoms with Crippen LogP contribution in [0.5, 0.6) is 11.5 Å². The zero-order chi connectivity index (χ0) is 24.8. The summed E-state index contributed by atoms with van der Waals surface area (Å²) in [6, 6.07) is 11.0. The third kappa shape index (κ3) is 6.71. The number of fused-ring (bicyclic) bond motifs is 1. The smallest absolute Gasteiger partial charge is 0.330 e. The molecule has 4 rings (SSSR count). The lowest BCUT2D eigenvalue weighted by Gasteiger charge is -2.26. The molecule has 0 bridgehead atoms. The Morgan fingerprint density at radius 2 is 1.29 bits per heavy atom. The Morgan fingerprint density at radius 3 is 1.77 bits per heavy atom. The van der Waals surface area contributed by atoms with Crippen molar-refractivity contribution >= 4 is 28.7 Å². The molecule has 2 aromatic rings. The van der Waals surface area contributed by atoms with Gasteiger partial charge in [0, 0.05) is 6.08 Å². The summed E-state index contributed by atoms with van der Waals surface area (Å²) in [5.74, 6) is 1.07. The number of rotatable bonds is 7. The predicted octanol–water partition coefficient (Wildman–Crippen LogP) is 6.01. The highest BCUT2D eigenvalue weighted by atomic mass is 16.5. The predicted molar refractivity (Wildman–Crippen MR) is 133 cm³/mol. The highest BCUT2D eigenvalue weighted by Crippen LogP contribution is 2.32. The Balaban J connectivity index is 1.29. The first kappa shape index (κ1) is 25.0. The highest BCUT2D eigenvalue weighted by molar-refractivity contribution is 5.87. The first-order chi connectivity index (χ1) is 16.9. The zero-order valence-corrected chi connectivity index (χ0v) is 20.4. The minimum absolute atomic E-state index is 0.0130. The quantitative estimate of drug-likeness (QED) is 0.275. The second-order valence-electron chi connectivity index (χ2n) is 10.0. The van der Waals surface area contributed by atoms with Crippen LogP contribution in [0.2, 0.25) is 0 Å². The lowest BCUT2D eigenvalue weighted by Crippen LogP contribution is -2.27. The van der Waals surface area contributed by atoms with Crippen molar-refractivity contribution < 1.29 is 28.6 Å². The van der Waals surface area contributed by atoms with Crippen molar-refractivity contribution in [3.63, 3.8) is 0 Å². The van der Waals surface area contributed by atoms with Gasteiger partial charge in [-0.2, -0.15) is 0 Å². The highest BCUT2D eigenvalue weighted by Gasteiger charge is 2.29. The van der Waals surface area contributed by atoms with Gasteiger partial charge in [0.25, 0.3) is 0 Å². The Bertz CT molecular complexity index is 1070. The maximum Gasteiger partial charge on any atom is 0.330 e. The molecule has 0 aliphatic heterocycles. The zero-order valence-electron chi connectivity index (χ0n) is 20.4. The van der Waals surface area contributed by atoms with E-state index in [0.29, 0.717) is 24.0 Å². The van der Waals surface area contributed by atoms with Gasteiger partial charge in [-0.15, -0.1) is 0 Å². The molecule has 35 heavy (non-hydrogen) atoms. The second kappa shape index (κ2) is 11.5. The molecule has 0 aromatic heterocycles. The molecule has 186 valence electrons. The topological polar surface area (TPSA) is 78.9 Å². The molecule has 0 spiro atoms. The van der Waals surface area contributed by atoms with E-state index in [9.17, 15) is 14.4 Å². The summed E-state index contributed by atoms with van der Waals surface area (Å²) in [7, 11) is 0. The molecule has 2 aliphatic carbocycles. The van der Waals surface area contributed by atoms with E-state index in [2.05, 4.69) is 13.5 Å². The summed E-state index contributed by atoms with van der Waals surface area (Å²) in [5, 5.41) is 1.83. The van der Waals surface area contributed by atoms with E-state index in [0.717, 1.165) is 68.2 Å². The number of benzene rings is 2. The van der Waals surface area contributed by atoms with E-state index in [-0.39, 0.29) is 29.7 Å². The second-order valence-corrected chi connectivity index (χ2v) is 10.0. The minimum atomic E-state index is -0.410. The van der Waals surface area contributed by atoms with Gasteiger partial charge in [-0.3, -0.25) is 9.59 Å². The van der Waals surface area contributed by atoms with Crippen molar-refractivity contribution in [3.05, 3.63) is 49.1 Å².